The minimum absolute atomic E-state index is 0.656. The fourth-order valence-corrected chi connectivity index (χ4v) is 2.41. The van der Waals surface area contributed by atoms with Crippen LogP contribution >= 0.6 is 22.9 Å². The SMILES string of the molecule is CCCNc1nccc(-c2sccc2Cl)n1. The third-order valence-corrected chi connectivity index (χ3v) is 3.40. The molecule has 0 bridgehead atoms. The van der Waals surface area contributed by atoms with E-state index in [-0.39, 0.29) is 0 Å². The molecule has 3 nitrogen and oxygen atoms in total. The van der Waals surface area contributed by atoms with Crippen LogP contribution in [0.1, 0.15) is 13.3 Å². The smallest absolute Gasteiger partial charge is 0.223 e. The summed E-state index contributed by atoms with van der Waals surface area (Å²) >= 11 is 7.65. The molecule has 16 heavy (non-hydrogen) atoms. The van der Waals surface area contributed by atoms with Gasteiger partial charge in [0, 0.05) is 12.7 Å². The summed E-state index contributed by atoms with van der Waals surface area (Å²) < 4.78 is 0. The molecule has 5 heteroatoms. The molecule has 84 valence electrons. The molecule has 2 rings (SSSR count). The standard InChI is InChI=1S/C11H12ClN3S/c1-2-5-13-11-14-6-3-9(15-11)10-8(12)4-7-16-10/h3-4,6-7H,2,5H2,1H3,(H,13,14,15). The van der Waals surface area contributed by atoms with Crippen molar-refractivity contribution in [1.82, 2.24) is 9.97 Å². The molecule has 0 aromatic carbocycles. The van der Waals surface area contributed by atoms with Gasteiger partial charge in [-0.1, -0.05) is 18.5 Å². The summed E-state index contributed by atoms with van der Waals surface area (Å²) in [6.45, 7) is 2.98. The lowest BCUT2D eigenvalue weighted by Crippen LogP contribution is -2.04. The van der Waals surface area contributed by atoms with Gasteiger partial charge in [0.05, 0.1) is 15.6 Å². The highest BCUT2D eigenvalue weighted by Gasteiger charge is 2.07. The van der Waals surface area contributed by atoms with Crippen LogP contribution in [-0.4, -0.2) is 16.5 Å². The number of anilines is 1. The van der Waals surface area contributed by atoms with Crippen LogP contribution in [0, 0.1) is 0 Å². The first-order chi connectivity index (χ1) is 7.81. The van der Waals surface area contributed by atoms with Crippen LogP contribution in [-0.2, 0) is 0 Å². The first kappa shape index (κ1) is 11.4. The summed E-state index contributed by atoms with van der Waals surface area (Å²) in [5.41, 5.74) is 0.869. The van der Waals surface area contributed by atoms with E-state index in [1.54, 1.807) is 17.5 Å². The Hall–Kier alpha value is -1.13. The van der Waals surface area contributed by atoms with Crippen LogP contribution < -0.4 is 5.32 Å². The lowest BCUT2D eigenvalue weighted by atomic mass is 10.3. The Balaban J connectivity index is 2.26. The lowest BCUT2D eigenvalue weighted by molar-refractivity contribution is 0.953. The van der Waals surface area contributed by atoms with Crippen LogP contribution in [0.2, 0.25) is 5.02 Å². The normalized spacial score (nSPS) is 10.4. The Morgan fingerprint density at radius 3 is 3.00 bits per heavy atom. The topological polar surface area (TPSA) is 37.8 Å². The number of nitrogens with one attached hydrogen (secondary N) is 1. The number of hydrogen-bond acceptors (Lipinski definition) is 4. The van der Waals surface area contributed by atoms with Gasteiger partial charge in [-0.2, -0.15) is 0 Å². The van der Waals surface area contributed by atoms with E-state index in [0.29, 0.717) is 5.95 Å². The molecular weight excluding hydrogens is 242 g/mol. The molecule has 1 N–H and O–H groups in total. The molecule has 0 unspecified atom stereocenters. The Bertz CT molecular complexity index is 470. The van der Waals surface area contributed by atoms with Crippen molar-refractivity contribution >= 4 is 28.9 Å². The lowest BCUT2D eigenvalue weighted by Gasteiger charge is -2.04. The van der Waals surface area contributed by atoms with Gasteiger partial charge in [0.2, 0.25) is 5.95 Å². The molecule has 0 amide bonds. The van der Waals surface area contributed by atoms with Crippen LogP contribution in [0.25, 0.3) is 10.6 Å². The molecule has 0 radical (unpaired) electrons. The van der Waals surface area contributed by atoms with Crippen molar-refractivity contribution in [3.05, 3.63) is 28.7 Å². The van der Waals surface area contributed by atoms with E-state index in [4.69, 9.17) is 11.6 Å². The minimum Gasteiger partial charge on any atom is -0.354 e. The third kappa shape index (κ3) is 2.51. The van der Waals surface area contributed by atoms with Crippen molar-refractivity contribution in [2.45, 2.75) is 13.3 Å². The largest absolute Gasteiger partial charge is 0.354 e. The average Bonchev–Trinajstić information content (AvgIpc) is 2.73. The highest BCUT2D eigenvalue weighted by Crippen LogP contribution is 2.31. The van der Waals surface area contributed by atoms with Crippen LogP contribution in [0.15, 0.2) is 23.7 Å². The Morgan fingerprint density at radius 2 is 2.31 bits per heavy atom. The van der Waals surface area contributed by atoms with Gasteiger partial charge in [0.25, 0.3) is 0 Å². The van der Waals surface area contributed by atoms with Gasteiger partial charge in [-0.25, -0.2) is 9.97 Å². The van der Waals surface area contributed by atoms with E-state index in [2.05, 4.69) is 22.2 Å². The molecule has 0 fully saturated rings. The number of aromatic nitrogens is 2. The maximum Gasteiger partial charge on any atom is 0.223 e. The van der Waals surface area contributed by atoms with Crippen molar-refractivity contribution in [3.63, 3.8) is 0 Å². The number of nitrogens with zero attached hydrogens (tertiary/aromatic N) is 2. The third-order valence-electron chi connectivity index (χ3n) is 2.04. The number of hydrogen-bond donors (Lipinski definition) is 1. The van der Waals surface area contributed by atoms with Gasteiger partial charge in [-0.3, -0.25) is 0 Å². The maximum atomic E-state index is 6.06. The van der Waals surface area contributed by atoms with Crippen LogP contribution in [0.3, 0.4) is 0 Å². The molecule has 0 saturated carbocycles. The van der Waals surface area contributed by atoms with Gasteiger partial charge in [-0.15, -0.1) is 11.3 Å². The average molecular weight is 254 g/mol. The molecule has 0 spiro atoms. The van der Waals surface area contributed by atoms with Gasteiger partial charge in [0.15, 0.2) is 0 Å². The molecule has 0 aliphatic carbocycles. The fourth-order valence-electron chi connectivity index (χ4n) is 1.28. The zero-order valence-corrected chi connectivity index (χ0v) is 10.5. The van der Waals surface area contributed by atoms with Crippen molar-refractivity contribution < 1.29 is 0 Å². The zero-order valence-electron chi connectivity index (χ0n) is 8.90. The van der Waals surface area contributed by atoms with E-state index in [9.17, 15) is 0 Å². The molecule has 0 aliphatic heterocycles. The summed E-state index contributed by atoms with van der Waals surface area (Å²) in [7, 11) is 0. The maximum absolute atomic E-state index is 6.06. The summed E-state index contributed by atoms with van der Waals surface area (Å²) in [6, 6.07) is 3.75. The van der Waals surface area contributed by atoms with E-state index in [1.165, 1.54) is 0 Å². The van der Waals surface area contributed by atoms with Crippen molar-refractivity contribution in [2.75, 3.05) is 11.9 Å². The second-order valence-corrected chi connectivity index (χ2v) is 4.61. The number of thiophene rings is 1. The molecule has 2 aromatic rings. The van der Waals surface area contributed by atoms with Crippen molar-refractivity contribution in [2.24, 2.45) is 0 Å². The Morgan fingerprint density at radius 1 is 1.44 bits per heavy atom. The second-order valence-electron chi connectivity index (χ2n) is 3.29. The second kappa shape index (κ2) is 5.27. The predicted molar refractivity (Wildman–Crippen MR) is 69.1 cm³/mol. The zero-order chi connectivity index (χ0) is 11.4. The molecule has 0 aliphatic rings. The van der Waals surface area contributed by atoms with E-state index in [1.807, 2.05) is 17.5 Å². The van der Waals surface area contributed by atoms with Gasteiger partial charge in [0.1, 0.15) is 0 Å². The summed E-state index contributed by atoms with van der Waals surface area (Å²) in [4.78, 5) is 9.56. The quantitative estimate of drug-likeness (QED) is 0.903. The Labute approximate surface area is 104 Å². The molecular formula is C11H12ClN3S. The van der Waals surface area contributed by atoms with Crippen LogP contribution in [0.4, 0.5) is 5.95 Å². The minimum atomic E-state index is 0.656. The van der Waals surface area contributed by atoms with E-state index < -0.39 is 0 Å². The predicted octanol–water partition coefficient (Wildman–Crippen LogP) is 3.68. The summed E-state index contributed by atoms with van der Waals surface area (Å²) in [5, 5.41) is 5.85. The number of halogens is 1. The number of rotatable bonds is 4. The summed E-state index contributed by atoms with van der Waals surface area (Å²) in [6.07, 6.45) is 2.80. The van der Waals surface area contributed by atoms with Gasteiger partial charge < -0.3 is 5.32 Å². The monoisotopic (exact) mass is 253 g/mol. The Kier molecular flexibility index (Phi) is 3.74. The van der Waals surface area contributed by atoms with E-state index in [0.717, 1.165) is 28.6 Å². The van der Waals surface area contributed by atoms with Crippen molar-refractivity contribution in [3.8, 4) is 10.6 Å². The van der Waals surface area contributed by atoms with Crippen LogP contribution in [0.5, 0.6) is 0 Å². The fraction of sp³-hybridized carbons (Fsp3) is 0.273. The molecule has 0 saturated heterocycles. The van der Waals surface area contributed by atoms with Gasteiger partial charge in [-0.05, 0) is 23.9 Å². The first-order valence-corrected chi connectivity index (χ1v) is 6.37. The van der Waals surface area contributed by atoms with E-state index >= 15 is 0 Å². The summed E-state index contributed by atoms with van der Waals surface area (Å²) in [5.74, 6) is 0.656. The van der Waals surface area contributed by atoms with Gasteiger partial charge >= 0.3 is 0 Å². The highest BCUT2D eigenvalue weighted by molar-refractivity contribution is 7.14. The molecule has 0 atom stereocenters. The highest BCUT2D eigenvalue weighted by atomic mass is 35.5. The first-order valence-electron chi connectivity index (χ1n) is 5.11. The van der Waals surface area contributed by atoms with Crippen molar-refractivity contribution in [1.29, 1.82) is 0 Å². The molecule has 2 heterocycles. The molecule has 2 aromatic heterocycles.